The van der Waals surface area contributed by atoms with Crippen LogP contribution in [0.4, 0.5) is 0 Å². The maximum Gasteiger partial charge on any atom is 0.227 e. The van der Waals surface area contributed by atoms with Gasteiger partial charge in [-0.15, -0.1) is 0 Å². The minimum Gasteiger partial charge on any atom is -0.287 e. The van der Waals surface area contributed by atoms with E-state index in [2.05, 4.69) is 6.07 Å². The van der Waals surface area contributed by atoms with Crippen LogP contribution < -0.4 is 0 Å². The van der Waals surface area contributed by atoms with Gasteiger partial charge in [0.1, 0.15) is 0 Å². The van der Waals surface area contributed by atoms with Gasteiger partial charge in [0, 0.05) is 18.5 Å². The predicted molar refractivity (Wildman–Crippen MR) is 53.0 cm³/mol. The molecule has 0 bridgehead atoms. The maximum atomic E-state index is 11.2. The van der Waals surface area contributed by atoms with Crippen molar-refractivity contribution in [1.29, 1.82) is 5.26 Å². The molecule has 0 saturated carbocycles. The molecule has 0 radical (unpaired) electrons. The van der Waals surface area contributed by atoms with Crippen molar-refractivity contribution >= 4 is 16.8 Å². The Kier molecular flexibility index (Phi) is 1.83. The van der Waals surface area contributed by atoms with Crippen molar-refractivity contribution in [3.8, 4) is 6.07 Å². The third-order valence-electron chi connectivity index (χ3n) is 2.16. The molecule has 0 aliphatic rings. The number of hydrogen-bond donors (Lipinski definition) is 0. The number of fused-ring (bicyclic) bond motifs is 1. The van der Waals surface area contributed by atoms with Gasteiger partial charge in [-0.1, -0.05) is 6.07 Å². The molecule has 0 fully saturated rings. The van der Waals surface area contributed by atoms with Gasteiger partial charge in [-0.3, -0.25) is 9.36 Å². The van der Waals surface area contributed by atoms with Crippen molar-refractivity contribution in [3.63, 3.8) is 0 Å². The molecule has 0 unspecified atom stereocenters. The highest BCUT2D eigenvalue weighted by atomic mass is 16.1. The van der Waals surface area contributed by atoms with Crippen LogP contribution in [0.5, 0.6) is 0 Å². The second-order valence-electron chi connectivity index (χ2n) is 3.09. The molecule has 1 aromatic heterocycles. The van der Waals surface area contributed by atoms with Crippen molar-refractivity contribution in [3.05, 3.63) is 36.0 Å². The SMILES string of the molecule is CC(=O)n1ccc2ccc(C#N)cc21. The fourth-order valence-electron chi connectivity index (χ4n) is 1.47. The number of rotatable bonds is 0. The zero-order valence-corrected chi connectivity index (χ0v) is 7.69. The summed E-state index contributed by atoms with van der Waals surface area (Å²) in [5, 5.41) is 9.69. The molecular formula is C11H8N2O. The molecule has 0 amide bonds. The molecule has 2 rings (SSSR count). The Bertz CT molecular complexity index is 546. The lowest BCUT2D eigenvalue weighted by molar-refractivity contribution is 0.0941. The van der Waals surface area contributed by atoms with Gasteiger partial charge in [0.15, 0.2) is 0 Å². The average Bonchev–Trinajstić information content (AvgIpc) is 2.59. The van der Waals surface area contributed by atoms with E-state index in [0.29, 0.717) is 5.56 Å². The normalized spacial score (nSPS) is 10.0. The van der Waals surface area contributed by atoms with Crippen molar-refractivity contribution in [2.75, 3.05) is 0 Å². The fourth-order valence-corrected chi connectivity index (χ4v) is 1.47. The summed E-state index contributed by atoms with van der Waals surface area (Å²) in [5.74, 6) is -0.0462. The third-order valence-corrected chi connectivity index (χ3v) is 2.16. The Labute approximate surface area is 81.2 Å². The van der Waals surface area contributed by atoms with Crippen molar-refractivity contribution < 1.29 is 4.79 Å². The zero-order valence-electron chi connectivity index (χ0n) is 7.69. The van der Waals surface area contributed by atoms with Gasteiger partial charge >= 0.3 is 0 Å². The highest BCUT2D eigenvalue weighted by molar-refractivity contribution is 5.92. The lowest BCUT2D eigenvalue weighted by Gasteiger charge is -1.98. The summed E-state index contributed by atoms with van der Waals surface area (Å²) in [7, 11) is 0. The summed E-state index contributed by atoms with van der Waals surface area (Å²) in [4.78, 5) is 11.2. The zero-order chi connectivity index (χ0) is 10.1. The fraction of sp³-hybridized carbons (Fsp3) is 0.0909. The lowest BCUT2D eigenvalue weighted by atomic mass is 10.2. The minimum atomic E-state index is -0.0462. The van der Waals surface area contributed by atoms with Crippen LogP contribution >= 0.6 is 0 Å². The van der Waals surface area contributed by atoms with Crippen LogP contribution in [0.15, 0.2) is 30.5 Å². The number of carbonyl (C=O) groups excluding carboxylic acids is 1. The van der Waals surface area contributed by atoms with Crippen molar-refractivity contribution in [2.45, 2.75) is 6.92 Å². The summed E-state index contributed by atoms with van der Waals surface area (Å²) in [5.41, 5.74) is 1.36. The van der Waals surface area contributed by atoms with Crippen LogP contribution in [-0.2, 0) is 0 Å². The Morgan fingerprint density at radius 2 is 2.21 bits per heavy atom. The monoisotopic (exact) mass is 184 g/mol. The van der Waals surface area contributed by atoms with Crippen LogP contribution in [0.25, 0.3) is 10.9 Å². The first-order valence-electron chi connectivity index (χ1n) is 4.24. The molecule has 3 nitrogen and oxygen atoms in total. The van der Waals surface area contributed by atoms with Gasteiger partial charge in [-0.2, -0.15) is 5.26 Å². The molecule has 0 atom stereocenters. The Hall–Kier alpha value is -2.08. The van der Waals surface area contributed by atoms with E-state index in [0.717, 1.165) is 10.9 Å². The quantitative estimate of drug-likeness (QED) is 0.629. The number of aromatic nitrogens is 1. The topological polar surface area (TPSA) is 45.8 Å². The van der Waals surface area contributed by atoms with E-state index >= 15 is 0 Å². The van der Waals surface area contributed by atoms with Gasteiger partial charge in [0.2, 0.25) is 5.91 Å². The summed E-state index contributed by atoms with van der Waals surface area (Å²) in [6, 6.07) is 9.21. The average molecular weight is 184 g/mol. The summed E-state index contributed by atoms with van der Waals surface area (Å²) >= 11 is 0. The largest absolute Gasteiger partial charge is 0.287 e. The van der Waals surface area contributed by atoms with E-state index in [1.807, 2.05) is 12.1 Å². The molecule has 68 valence electrons. The molecule has 1 heterocycles. The number of carbonyl (C=O) groups is 1. The van der Waals surface area contributed by atoms with Crippen LogP contribution in [0.1, 0.15) is 17.3 Å². The van der Waals surface area contributed by atoms with E-state index < -0.39 is 0 Å². The number of nitriles is 1. The minimum absolute atomic E-state index is 0.0462. The van der Waals surface area contributed by atoms with Gasteiger partial charge in [-0.25, -0.2) is 0 Å². The van der Waals surface area contributed by atoms with E-state index in [1.54, 1.807) is 18.3 Å². The van der Waals surface area contributed by atoms with Gasteiger partial charge in [0.25, 0.3) is 0 Å². The van der Waals surface area contributed by atoms with E-state index in [-0.39, 0.29) is 5.91 Å². The Morgan fingerprint density at radius 3 is 2.86 bits per heavy atom. The maximum absolute atomic E-state index is 11.2. The Balaban J connectivity index is 2.77. The van der Waals surface area contributed by atoms with Crippen LogP contribution in [0.3, 0.4) is 0 Å². The molecule has 0 spiro atoms. The number of benzene rings is 1. The second-order valence-corrected chi connectivity index (χ2v) is 3.09. The smallest absolute Gasteiger partial charge is 0.227 e. The van der Waals surface area contributed by atoms with Crippen LogP contribution in [0, 0.1) is 11.3 Å². The second kappa shape index (κ2) is 3.00. The molecular weight excluding hydrogens is 176 g/mol. The van der Waals surface area contributed by atoms with Gasteiger partial charge in [-0.05, 0) is 18.2 Å². The number of nitrogens with zero attached hydrogens (tertiary/aromatic N) is 2. The van der Waals surface area contributed by atoms with Crippen molar-refractivity contribution in [2.24, 2.45) is 0 Å². The van der Waals surface area contributed by atoms with E-state index in [1.165, 1.54) is 11.5 Å². The van der Waals surface area contributed by atoms with E-state index in [9.17, 15) is 4.79 Å². The first-order valence-corrected chi connectivity index (χ1v) is 4.24. The van der Waals surface area contributed by atoms with Crippen LogP contribution in [-0.4, -0.2) is 10.5 Å². The predicted octanol–water partition coefficient (Wildman–Crippen LogP) is 2.17. The molecule has 0 aliphatic heterocycles. The number of hydrogen-bond acceptors (Lipinski definition) is 2. The lowest BCUT2D eigenvalue weighted by Crippen LogP contribution is -2.02. The van der Waals surface area contributed by atoms with Crippen LogP contribution in [0.2, 0.25) is 0 Å². The van der Waals surface area contributed by atoms with Gasteiger partial charge in [0.05, 0.1) is 17.1 Å². The first-order chi connectivity index (χ1) is 6.72. The highest BCUT2D eigenvalue weighted by Gasteiger charge is 2.04. The molecule has 0 aliphatic carbocycles. The third kappa shape index (κ3) is 1.17. The molecule has 2 aromatic rings. The molecule has 0 saturated heterocycles. The summed E-state index contributed by atoms with van der Waals surface area (Å²) < 4.78 is 1.54. The van der Waals surface area contributed by atoms with Crippen molar-refractivity contribution in [1.82, 2.24) is 4.57 Å². The van der Waals surface area contributed by atoms with E-state index in [4.69, 9.17) is 5.26 Å². The summed E-state index contributed by atoms with van der Waals surface area (Å²) in [6.45, 7) is 1.50. The Morgan fingerprint density at radius 1 is 1.43 bits per heavy atom. The standard InChI is InChI=1S/C11H8N2O/c1-8(14)13-5-4-10-3-2-9(7-12)6-11(10)13/h2-6H,1H3. The first kappa shape index (κ1) is 8.52. The molecule has 3 heteroatoms. The molecule has 1 aromatic carbocycles. The molecule has 0 N–H and O–H groups in total. The highest BCUT2D eigenvalue weighted by Crippen LogP contribution is 2.17. The van der Waals surface area contributed by atoms with Gasteiger partial charge < -0.3 is 0 Å². The molecule has 14 heavy (non-hydrogen) atoms. The summed E-state index contributed by atoms with van der Waals surface area (Å²) in [6.07, 6.45) is 1.72.